The van der Waals surface area contributed by atoms with Crippen LogP contribution in [0.2, 0.25) is 0 Å². The Morgan fingerprint density at radius 3 is 2.35 bits per heavy atom. The molecule has 1 N–H and O–H groups in total. The lowest BCUT2D eigenvalue weighted by Gasteiger charge is -2.27. The van der Waals surface area contributed by atoms with Gasteiger partial charge in [0.2, 0.25) is 5.69 Å². The van der Waals surface area contributed by atoms with Gasteiger partial charge >= 0.3 is 0 Å². The maximum atomic E-state index is 11.2. The van der Waals surface area contributed by atoms with Gasteiger partial charge in [0.25, 0.3) is 10.1 Å². The van der Waals surface area contributed by atoms with E-state index in [1.54, 1.807) is 0 Å². The number of benzene rings is 2. The van der Waals surface area contributed by atoms with Gasteiger partial charge in [-0.15, -0.1) is 0 Å². The van der Waals surface area contributed by atoms with Gasteiger partial charge in [0.05, 0.1) is 11.2 Å². The first-order valence-corrected chi connectivity index (χ1v) is 16.6. The third kappa shape index (κ3) is 6.37. The molecular weight excluding hydrogens is 584 g/mol. The van der Waals surface area contributed by atoms with Crippen LogP contribution in [0.4, 0.5) is 11.4 Å². The molecule has 0 aromatic heterocycles. The Bertz CT molecular complexity index is 1480. The topological polar surface area (TPSA) is 60.6 Å². The van der Waals surface area contributed by atoms with Gasteiger partial charge in [0.15, 0.2) is 5.71 Å². The lowest BCUT2D eigenvalue weighted by molar-refractivity contribution is -0.438. The number of hydrogen-bond acceptors (Lipinski definition) is 3. The summed E-state index contributed by atoms with van der Waals surface area (Å²) in [6.07, 6.45) is 12.0. The second kappa shape index (κ2) is 12.2. The number of allylic oxidation sites excluding steroid dienone is 6. The zero-order valence-electron chi connectivity index (χ0n) is 24.3. The van der Waals surface area contributed by atoms with Crippen LogP contribution in [0.25, 0.3) is 0 Å². The monoisotopic (exact) mass is 625 g/mol. The van der Waals surface area contributed by atoms with Gasteiger partial charge in [-0.2, -0.15) is 13.0 Å². The summed E-state index contributed by atoms with van der Waals surface area (Å²) in [6, 6.07) is 17.1. The first kappa shape index (κ1) is 30.5. The Labute approximate surface area is 248 Å². The molecule has 0 fully saturated rings. The molecule has 7 heteroatoms. The Morgan fingerprint density at radius 1 is 0.975 bits per heavy atom. The van der Waals surface area contributed by atoms with E-state index >= 15 is 0 Å². The highest BCUT2D eigenvalue weighted by Gasteiger charge is 2.44. The van der Waals surface area contributed by atoms with E-state index in [0.29, 0.717) is 19.4 Å². The predicted molar refractivity (Wildman–Crippen MR) is 171 cm³/mol. The number of halogens is 1. The molecule has 2 aliphatic heterocycles. The molecule has 2 aliphatic rings. The third-order valence-electron chi connectivity index (χ3n) is 8.17. The number of para-hydroxylation sites is 2. The van der Waals surface area contributed by atoms with Crippen LogP contribution in [-0.4, -0.2) is 42.1 Å². The molecule has 0 radical (unpaired) electrons. The van der Waals surface area contributed by atoms with E-state index in [1.807, 2.05) is 6.07 Å². The van der Waals surface area contributed by atoms with Crippen LogP contribution in [-0.2, 0) is 20.9 Å². The Kier molecular flexibility index (Phi) is 9.28. The van der Waals surface area contributed by atoms with Crippen molar-refractivity contribution in [2.75, 3.05) is 23.7 Å². The molecule has 0 saturated carbocycles. The largest absolute Gasteiger partial charge is 0.344 e. The van der Waals surface area contributed by atoms with E-state index in [0.717, 1.165) is 35.3 Å². The highest BCUT2D eigenvalue weighted by Crippen LogP contribution is 2.47. The summed E-state index contributed by atoms with van der Waals surface area (Å²) in [5.74, 6) is -0.213. The van der Waals surface area contributed by atoms with Gasteiger partial charge < -0.3 is 4.90 Å². The van der Waals surface area contributed by atoms with Crippen molar-refractivity contribution in [2.45, 2.75) is 71.1 Å². The molecule has 4 rings (SSSR count). The molecule has 40 heavy (non-hydrogen) atoms. The summed E-state index contributed by atoms with van der Waals surface area (Å²) in [7, 11) is -3.95. The van der Waals surface area contributed by atoms with Crippen LogP contribution < -0.4 is 4.90 Å². The molecule has 0 bridgehead atoms. The van der Waals surface area contributed by atoms with Crippen molar-refractivity contribution >= 4 is 43.1 Å². The van der Waals surface area contributed by atoms with Gasteiger partial charge in [-0.25, -0.2) is 0 Å². The number of nitrogens with zero attached hydrogens (tertiary/aromatic N) is 2. The van der Waals surface area contributed by atoms with Gasteiger partial charge in [-0.05, 0) is 56.5 Å². The molecule has 0 amide bonds. The Hall–Kier alpha value is -2.48. The fourth-order valence-corrected chi connectivity index (χ4v) is 6.84. The highest BCUT2D eigenvalue weighted by molar-refractivity contribution is 9.11. The van der Waals surface area contributed by atoms with Gasteiger partial charge in [0, 0.05) is 52.0 Å². The van der Waals surface area contributed by atoms with Crippen molar-refractivity contribution in [3.8, 4) is 0 Å². The van der Waals surface area contributed by atoms with E-state index in [4.69, 9.17) is 4.55 Å². The van der Waals surface area contributed by atoms with Crippen LogP contribution in [0, 0.1) is 0 Å². The number of fused-ring (bicyclic) bond motifs is 2. The van der Waals surface area contributed by atoms with Crippen molar-refractivity contribution in [3.63, 3.8) is 0 Å². The average Bonchev–Trinajstić information content (AvgIpc) is 3.25. The summed E-state index contributed by atoms with van der Waals surface area (Å²) in [5.41, 5.74) is 7.25. The van der Waals surface area contributed by atoms with Gasteiger partial charge in [-0.1, -0.05) is 79.5 Å². The first-order chi connectivity index (χ1) is 18.9. The standard InChI is InChI=1S/C33H41BrN2O3S/c1-6-7-22-35-28-16-10-8-14-26(28)32(2,3)30(35)20-18-25(34)19-21-31-33(4,5)27-15-9-11-17-29(27)36(31)23-12-13-24-40(37,38)39/h8-11,14-21H,6-7,12-13,22-24H2,1-5H3/p+1. The molecule has 0 unspecified atom stereocenters. The maximum Gasteiger partial charge on any atom is 0.264 e. The van der Waals surface area contributed by atoms with Crippen LogP contribution in [0.3, 0.4) is 0 Å². The van der Waals surface area contributed by atoms with Crippen molar-refractivity contribution in [2.24, 2.45) is 0 Å². The molecule has 0 saturated heterocycles. The third-order valence-corrected chi connectivity index (χ3v) is 9.50. The number of anilines is 1. The Morgan fingerprint density at radius 2 is 1.65 bits per heavy atom. The normalized spacial score (nSPS) is 19.1. The molecular formula is C33H42BrN2O3S+. The zero-order valence-corrected chi connectivity index (χ0v) is 26.7. The SMILES string of the molecule is CCCCN1/C(=C/C=C(Br)/C=C/C2=[N+](CCCCS(=O)(=O)O)c3ccccc3C2(C)C)C(C)(C)c2ccccc21. The first-order valence-electron chi connectivity index (χ1n) is 14.2. The van der Waals surface area contributed by atoms with E-state index in [2.05, 4.69) is 127 Å². The predicted octanol–water partition coefficient (Wildman–Crippen LogP) is 8.05. The Balaban J connectivity index is 1.63. The number of rotatable bonds is 11. The quantitative estimate of drug-likeness (QED) is 0.119. The van der Waals surface area contributed by atoms with E-state index < -0.39 is 10.1 Å². The molecule has 0 spiro atoms. The van der Waals surface area contributed by atoms with E-state index in [-0.39, 0.29) is 16.6 Å². The summed E-state index contributed by atoms with van der Waals surface area (Å²) in [5, 5.41) is 0. The minimum absolute atomic E-state index is 0.0828. The highest BCUT2D eigenvalue weighted by atomic mass is 79.9. The lowest BCUT2D eigenvalue weighted by Crippen LogP contribution is -2.28. The lowest BCUT2D eigenvalue weighted by atomic mass is 9.81. The summed E-state index contributed by atoms with van der Waals surface area (Å²) >= 11 is 3.80. The molecule has 2 aromatic rings. The summed E-state index contributed by atoms with van der Waals surface area (Å²) in [4.78, 5) is 2.47. The van der Waals surface area contributed by atoms with E-state index in [1.165, 1.54) is 22.5 Å². The van der Waals surface area contributed by atoms with Crippen LogP contribution in [0.15, 0.2) is 83.0 Å². The maximum absolute atomic E-state index is 11.2. The summed E-state index contributed by atoms with van der Waals surface area (Å²) < 4.78 is 34.8. The molecule has 2 heterocycles. The molecule has 0 atom stereocenters. The number of hydrogen-bond donors (Lipinski definition) is 1. The minimum atomic E-state index is -3.95. The van der Waals surface area contributed by atoms with Crippen LogP contribution in [0.5, 0.6) is 0 Å². The smallest absolute Gasteiger partial charge is 0.264 e. The van der Waals surface area contributed by atoms with Crippen LogP contribution in [0.1, 0.15) is 71.4 Å². The second-order valence-corrected chi connectivity index (χ2v) is 14.2. The molecule has 0 aliphatic carbocycles. The average molecular weight is 627 g/mol. The van der Waals surface area contributed by atoms with Gasteiger partial charge in [-0.3, -0.25) is 4.55 Å². The minimum Gasteiger partial charge on any atom is -0.344 e. The van der Waals surface area contributed by atoms with E-state index in [9.17, 15) is 8.42 Å². The molecule has 214 valence electrons. The van der Waals surface area contributed by atoms with Crippen molar-refractivity contribution in [1.82, 2.24) is 0 Å². The van der Waals surface area contributed by atoms with Crippen molar-refractivity contribution in [1.29, 1.82) is 0 Å². The van der Waals surface area contributed by atoms with Crippen LogP contribution >= 0.6 is 15.9 Å². The zero-order chi connectivity index (χ0) is 29.1. The van der Waals surface area contributed by atoms with Gasteiger partial charge in [0.1, 0.15) is 6.54 Å². The number of unbranched alkanes of at least 4 members (excludes halogenated alkanes) is 2. The fraction of sp³-hybridized carbons (Fsp3) is 0.424. The van der Waals surface area contributed by atoms with Crippen molar-refractivity contribution in [3.05, 3.63) is 94.1 Å². The second-order valence-electron chi connectivity index (χ2n) is 11.8. The molecule has 2 aromatic carbocycles. The fourth-order valence-electron chi connectivity index (χ4n) is 6.01. The summed E-state index contributed by atoms with van der Waals surface area (Å²) in [6.45, 7) is 13.0. The van der Waals surface area contributed by atoms with Crippen molar-refractivity contribution < 1.29 is 17.5 Å². The molecule has 5 nitrogen and oxygen atoms in total.